The Labute approximate surface area is 75.5 Å². The van der Waals surface area contributed by atoms with E-state index < -0.39 is 7.87 Å². The van der Waals surface area contributed by atoms with E-state index in [1.165, 1.54) is 0 Å². The van der Waals surface area contributed by atoms with E-state index in [0.29, 0.717) is 0 Å². The number of hydrogen-bond donors (Lipinski definition) is 0. The van der Waals surface area contributed by atoms with Gasteiger partial charge in [-0.25, -0.2) is 0 Å². The Balaban J connectivity index is 4.53. The van der Waals surface area contributed by atoms with Crippen LogP contribution in [0.2, 0.25) is 0 Å². The van der Waals surface area contributed by atoms with Gasteiger partial charge >= 0.3 is 7.87 Å². The average Bonchev–Trinajstić information content (AvgIpc) is 1.84. The van der Waals surface area contributed by atoms with E-state index in [9.17, 15) is 0 Å². The van der Waals surface area contributed by atoms with Gasteiger partial charge in [0.15, 0.2) is 0 Å². The summed E-state index contributed by atoms with van der Waals surface area (Å²) < 4.78 is 6.28. The van der Waals surface area contributed by atoms with Crippen LogP contribution in [0.4, 0.5) is 0 Å². The fourth-order valence-electron chi connectivity index (χ4n) is 1.20. The molecular weight excluding hydrogens is 178 g/mol. The second-order valence-electron chi connectivity index (χ2n) is 3.24. The lowest BCUT2D eigenvalue weighted by molar-refractivity contribution is 0.407. The predicted octanol–water partition coefficient (Wildman–Crippen LogP) is 0.346. The lowest BCUT2D eigenvalue weighted by Crippen LogP contribution is -2.65. The van der Waals surface area contributed by atoms with Crippen LogP contribution in [0.25, 0.3) is 0 Å². The molecule has 0 spiro atoms. The molecule has 0 aliphatic rings. The summed E-state index contributed by atoms with van der Waals surface area (Å²) in [7, 11) is 10.1. The molecule has 0 N–H and O–H groups in total. The molecule has 0 saturated carbocycles. The zero-order valence-electron chi connectivity index (χ0n) is 8.22. The highest BCUT2D eigenvalue weighted by molar-refractivity contribution is 7.15. The summed E-state index contributed by atoms with van der Waals surface area (Å²) in [6.07, 6.45) is 0. The molecule has 0 aromatic carbocycles. The maximum Gasteiger partial charge on any atom is 0.391 e. The third kappa shape index (κ3) is 2.16. The van der Waals surface area contributed by atoms with Gasteiger partial charge < -0.3 is 0 Å². The van der Waals surface area contributed by atoms with Crippen molar-refractivity contribution in [1.82, 2.24) is 13.7 Å². The molecule has 0 bridgehead atoms. The highest BCUT2D eigenvalue weighted by Crippen LogP contribution is 2.16. The van der Waals surface area contributed by atoms with Gasteiger partial charge in [0.05, 0.1) is 0 Å². The lowest BCUT2D eigenvalue weighted by Gasteiger charge is -2.40. The van der Waals surface area contributed by atoms with Gasteiger partial charge in [0.2, 0.25) is 0 Å². The van der Waals surface area contributed by atoms with E-state index in [1.54, 1.807) is 0 Å². The normalized spacial score (nSPS) is 13.6. The molecule has 0 aromatic rings. The smallest absolute Gasteiger partial charge is 0.293 e. The SMILES string of the molecule is CN(C)[Si](Cl)(N(C)C)N(C)C. The Morgan fingerprint density at radius 3 is 0.909 bits per heavy atom. The molecule has 5 heteroatoms. The van der Waals surface area contributed by atoms with Crippen LogP contribution in [0.15, 0.2) is 0 Å². The summed E-state index contributed by atoms with van der Waals surface area (Å²) in [4.78, 5) is 0. The van der Waals surface area contributed by atoms with Crippen molar-refractivity contribution in [2.45, 2.75) is 0 Å². The zero-order valence-corrected chi connectivity index (χ0v) is 9.98. The van der Waals surface area contributed by atoms with Gasteiger partial charge in [0.25, 0.3) is 0 Å². The first-order valence-electron chi connectivity index (χ1n) is 3.54. The summed E-state index contributed by atoms with van der Waals surface area (Å²) in [5.41, 5.74) is 0. The molecule has 0 radical (unpaired) electrons. The summed E-state index contributed by atoms with van der Waals surface area (Å²) >= 11 is 6.46. The first-order valence-corrected chi connectivity index (χ1v) is 6.40. The van der Waals surface area contributed by atoms with E-state index >= 15 is 0 Å². The molecule has 3 nitrogen and oxygen atoms in total. The minimum Gasteiger partial charge on any atom is -0.293 e. The molecule has 0 amide bonds. The Kier molecular flexibility index (Phi) is 4.00. The van der Waals surface area contributed by atoms with Gasteiger partial charge in [-0.05, 0) is 42.3 Å². The summed E-state index contributed by atoms with van der Waals surface area (Å²) in [6, 6.07) is 0. The summed E-state index contributed by atoms with van der Waals surface area (Å²) in [6.45, 7) is 0. The first kappa shape index (κ1) is 11.4. The molecular formula is C6H18ClN3Si. The van der Waals surface area contributed by atoms with Crippen LogP contribution in [0.3, 0.4) is 0 Å². The van der Waals surface area contributed by atoms with Crippen molar-refractivity contribution < 1.29 is 0 Å². The van der Waals surface area contributed by atoms with Gasteiger partial charge in [-0.15, -0.1) is 11.1 Å². The molecule has 0 aliphatic heterocycles. The van der Waals surface area contributed by atoms with Crippen LogP contribution >= 0.6 is 11.1 Å². The topological polar surface area (TPSA) is 9.72 Å². The average molecular weight is 196 g/mol. The largest absolute Gasteiger partial charge is 0.391 e. The van der Waals surface area contributed by atoms with Crippen LogP contribution < -0.4 is 0 Å². The van der Waals surface area contributed by atoms with Crippen LogP contribution in [0, 0.1) is 0 Å². The third-order valence-electron chi connectivity index (χ3n) is 1.71. The number of halogens is 1. The van der Waals surface area contributed by atoms with Crippen molar-refractivity contribution in [3.8, 4) is 0 Å². The van der Waals surface area contributed by atoms with Crippen LogP contribution in [0.1, 0.15) is 0 Å². The quantitative estimate of drug-likeness (QED) is 0.476. The van der Waals surface area contributed by atoms with Gasteiger partial charge in [-0.3, -0.25) is 13.7 Å². The van der Waals surface area contributed by atoms with Crippen molar-refractivity contribution in [1.29, 1.82) is 0 Å². The van der Waals surface area contributed by atoms with Gasteiger partial charge in [0, 0.05) is 0 Å². The minimum absolute atomic E-state index is 2.01. The van der Waals surface area contributed by atoms with Crippen LogP contribution in [-0.2, 0) is 0 Å². The maximum absolute atomic E-state index is 6.46. The fourth-order valence-corrected chi connectivity index (χ4v) is 3.60. The highest BCUT2D eigenvalue weighted by Gasteiger charge is 2.40. The predicted molar refractivity (Wildman–Crippen MR) is 52.7 cm³/mol. The van der Waals surface area contributed by atoms with Gasteiger partial charge in [0.1, 0.15) is 0 Å². The standard InChI is InChI=1S/C6H18ClN3Si/c1-8(2)11(7,9(3)4)10(5)6/h1-6H3. The summed E-state index contributed by atoms with van der Waals surface area (Å²) in [5.74, 6) is 0. The Morgan fingerprint density at radius 1 is 0.727 bits per heavy atom. The van der Waals surface area contributed by atoms with Crippen molar-refractivity contribution in [3.05, 3.63) is 0 Å². The van der Waals surface area contributed by atoms with Gasteiger partial charge in [-0.2, -0.15) is 0 Å². The Bertz CT molecular complexity index is 105. The highest BCUT2D eigenvalue weighted by atomic mass is 35.6. The Hall–Kier alpha value is 0.387. The molecule has 0 rings (SSSR count). The molecule has 0 atom stereocenters. The summed E-state index contributed by atoms with van der Waals surface area (Å²) in [5, 5.41) is 0. The van der Waals surface area contributed by atoms with E-state index in [0.717, 1.165) is 0 Å². The minimum atomic E-state index is -2.01. The molecule has 0 heterocycles. The van der Waals surface area contributed by atoms with E-state index in [4.69, 9.17) is 11.1 Å². The van der Waals surface area contributed by atoms with Crippen molar-refractivity contribution in [2.75, 3.05) is 42.3 Å². The monoisotopic (exact) mass is 195 g/mol. The number of rotatable bonds is 3. The van der Waals surface area contributed by atoms with Crippen molar-refractivity contribution in [2.24, 2.45) is 0 Å². The zero-order chi connectivity index (χ0) is 9.23. The number of nitrogens with zero attached hydrogens (tertiary/aromatic N) is 3. The Morgan fingerprint density at radius 2 is 0.909 bits per heavy atom. The van der Waals surface area contributed by atoms with E-state index in [1.807, 2.05) is 42.3 Å². The molecule has 0 saturated heterocycles. The van der Waals surface area contributed by atoms with Gasteiger partial charge in [-0.1, -0.05) is 0 Å². The molecule has 11 heavy (non-hydrogen) atoms. The van der Waals surface area contributed by atoms with Crippen molar-refractivity contribution in [3.63, 3.8) is 0 Å². The second kappa shape index (κ2) is 3.87. The maximum atomic E-state index is 6.46. The lowest BCUT2D eigenvalue weighted by atomic mass is 11.2. The van der Waals surface area contributed by atoms with Crippen molar-refractivity contribution >= 4 is 18.9 Å². The third-order valence-corrected chi connectivity index (χ3v) is 8.16. The molecule has 68 valence electrons. The van der Waals surface area contributed by atoms with E-state index in [2.05, 4.69) is 13.7 Å². The molecule has 0 aliphatic carbocycles. The molecule has 0 unspecified atom stereocenters. The van der Waals surface area contributed by atoms with E-state index in [-0.39, 0.29) is 0 Å². The van der Waals surface area contributed by atoms with Crippen LogP contribution in [0.5, 0.6) is 0 Å². The first-order chi connectivity index (χ1) is 4.83. The molecule has 0 aromatic heterocycles. The number of hydrogen-bond acceptors (Lipinski definition) is 3. The van der Waals surface area contributed by atoms with Crippen LogP contribution in [-0.4, -0.2) is 63.9 Å². The second-order valence-corrected chi connectivity index (χ2v) is 8.55. The molecule has 0 fully saturated rings. The fraction of sp³-hybridized carbons (Fsp3) is 1.00.